The third-order valence-electron chi connectivity index (χ3n) is 5.22. The van der Waals surface area contributed by atoms with E-state index in [1.54, 1.807) is 11.3 Å². The first-order valence-electron chi connectivity index (χ1n) is 9.51. The average molecular weight is 382 g/mol. The Hall–Kier alpha value is -2.25. The number of hydrogen-bond acceptors (Lipinski definition) is 6. The highest BCUT2D eigenvalue weighted by Crippen LogP contribution is 2.41. The molecule has 0 atom stereocenters. The molecule has 0 bridgehead atoms. The molecule has 1 fully saturated rings. The predicted molar refractivity (Wildman–Crippen MR) is 106 cm³/mol. The summed E-state index contributed by atoms with van der Waals surface area (Å²) in [6, 6.07) is 6.85. The van der Waals surface area contributed by atoms with Gasteiger partial charge >= 0.3 is 0 Å². The molecule has 5 rings (SSSR count). The van der Waals surface area contributed by atoms with Crippen molar-refractivity contribution in [2.75, 3.05) is 19.7 Å². The Bertz CT molecular complexity index is 1000. The zero-order valence-corrected chi connectivity index (χ0v) is 16.6. The van der Waals surface area contributed by atoms with Crippen LogP contribution in [-0.4, -0.2) is 39.4 Å². The molecule has 3 aromatic rings. The monoisotopic (exact) mass is 381 g/mol. The highest BCUT2D eigenvalue weighted by molar-refractivity contribution is 7.15. The maximum Gasteiger partial charge on any atom is 0.187 e. The predicted octanol–water partition coefficient (Wildman–Crippen LogP) is 3.58. The summed E-state index contributed by atoms with van der Waals surface area (Å²) >= 11 is 1.71. The Kier molecular flexibility index (Phi) is 4.02. The van der Waals surface area contributed by atoms with Crippen molar-refractivity contribution in [3.05, 3.63) is 34.5 Å². The molecular formula is C20H23N5OS. The molecule has 2 aliphatic heterocycles. The van der Waals surface area contributed by atoms with Crippen LogP contribution < -0.4 is 10.1 Å². The van der Waals surface area contributed by atoms with Crippen molar-refractivity contribution in [3.8, 4) is 27.8 Å². The number of ether oxygens (including phenoxy) is 1. The number of nitrogens with zero attached hydrogens (tertiary/aromatic N) is 4. The standard InChI is InChI=1S/C20H23N5OS/c1-11(2)25-19(22-12(3)24-25)20-23-18-15-5-4-13(14-9-21-10-14)8-16(15)26-7-6-17(18)27-20/h4-5,8,11,14,21H,6-7,9-10H2,1-3H3. The van der Waals surface area contributed by atoms with Crippen LogP contribution in [0.2, 0.25) is 0 Å². The molecule has 7 heteroatoms. The van der Waals surface area contributed by atoms with Gasteiger partial charge in [-0.15, -0.1) is 11.3 Å². The zero-order chi connectivity index (χ0) is 18.5. The Morgan fingerprint density at radius 3 is 2.85 bits per heavy atom. The zero-order valence-electron chi connectivity index (χ0n) is 15.8. The molecule has 0 amide bonds. The third-order valence-corrected chi connectivity index (χ3v) is 6.33. The lowest BCUT2D eigenvalue weighted by Crippen LogP contribution is -2.39. The van der Waals surface area contributed by atoms with Gasteiger partial charge in [-0.25, -0.2) is 14.6 Å². The summed E-state index contributed by atoms with van der Waals surface area (Å²) < 4.78 is 8.04. The first kappa shape index (κ1) is 16.9. The van der Waals surface area contributed by atoms with Crippen molar-refractivity contribution in [3.63, 3.8) is 0 Å². The molecule has 0 radical (unpaired) electrons. The molecule has 0 spiro atoms. The molecular weight excluding hydrogens is 358 g/mol. The van der Waals surface area contributed by atoms with Crippen molar-refractivity contribution >= 4 is 11.3 Å². The van der Waals surface area contributed by atoms with E-state index in [-0.39, 0.29) is 6.04 Å². The summed E-state index contributed by atoms with van der Waals surface area (Å²) in [5.74, 6) is 3.20. The number of rotatable bonds is 3. The van der Waals surface area contributed by atoms with Crippen molar-refractivity contribution in [1.82, 2.24) is 25.1 Å². The summed E-state index contributed by atoms with van der Waals surface area (Å²) in [6.07, 6.45) is 0.872. The first-order valence-corrected chi connectivity index (χ1v) is 10.3. The van der Waals surface area contributed by atoms with E-state index >= 15 is 0 Å². The minimum Gasteiger partial charge on any atom is -0.492 e. The van der Waals surface area contributed by atoms with Gasteiger partial charge < -0.3 is 10.1 Å². The highest BCUT2D eigenvalue weighted by atomic mass is 32.1. The Morgan fingerprint density at radius 2 is 2.11 bits per heavy atom. The summed E-state index contributed by atoms with van der Waals surface area (Å²) in [5, 5.41) is 8.82. The molecule has 0 unspecified atom stereocenters. The molecule has 2 aliphatic rings. The summed E-state index contributed by atoms with van der Waals surface area (Å²) in [7, 11) is 0. The van der Waals surface area contributed by atoms with Crippen LogP contribution in [0.1, 0.15) is 42.1 Å². The molecule has 6 nitrogen and oxygen atoms in total. The van der Waals surface area contributed by atoms with Crippen LogP contribution in [0.15, 0.2) is 18.2 Å². The van der Waals surface area contributed by atoms with E-state index < -0.39 is 0 Å². The maximum absolute atomic E-state index is 6.07. The highest BCUT2D eigenvalue weighted by Gasteiger charge is 2.26. The van der Waals surface area contributed by atoms with E-state index in [4.69, 9.17) is 9.72 Å². The van der Waals surface area contributed by atoms with E-state index in [0.717, 1.165) is 53.2 Å². The van der Waals surface area contributed by atoms with Gasteiger partial charge in [0, 0.05) is 41.9 Å². The fourth-order valence-corrected chi connectivity index (χ4v) is 4.69. The number of hydrogen-bond donors (Lipinski definition) is 1. The van der Waals surface area contributed by atoms with Crippen LogP contribution in [0.3, 0.4) is 0 Å². The number of benzene rings is 1. The Balaban J connectivity index is 1.59. The van der Waals surface area contributed by atoms with E-state index in [1.807, 2.05) is 11.6 Å². The molecule has 4 heterocycles. The maximum atomic E-state index is 6.07. The lowest BCUT2D eigenvalue weighted by atomic mass is 9.92. The second-order valence-corrected chi connectivity index (χ2v) is 8.60. The van der Waals surface area contributed by atoms with Crippen LogP contribution in [-0.2, 0) is 6.42 Å². The largest absolute Gasteiger partial charge is 0.492 e. The van der Waals surface area contributed by atoms with Gasteiger partial charge in [-0.1, -0.05) is 6.07 Å². The van der Waals surface area contributed by atoms with Crippen LogP contribution in [0.25, 0.3) is 22.1 Å². The van der Waals surface area contributed by atoms with Gasteiger partial charge in [0.05, 0.1) is 12.3 Å². The van der Waals surface area contributed by atoms with Gasteiger partial charge in [-0.3, -0.25) is 0 Å². The van der Waals surface area contributed by atoms with Crippen LogP contribution in [0, 0.1) is 6.92 Å². The fraction of sp³-hybridized carbons (Fsp3) is 0.450. The summed E-state index contributed by atoms with van der Waals surface area (Å²) in [6.45, 7) is 8.96. The van der Waals surface area contributed by atoms with Crippen LogP contribution in [0.5, 0.6) is 5.75 Å². The number of nitrogens with one attached hydrogen (secondary N) is 1. The Labute approximate surface area is 162 Å². The molecule has 1 N–H and O–H groups in total. The Morgan fingerprint density at radius 1 is 1.26 bits per heavy atom. The first-order chi connectivity index (χ1) is 13.1. The molecule has 2 aromatic heterocycles. The molecule has 140 valence electrons. The fourth-order valence-electron chi connectivity index (χ4n) is 3.65. The van der Waals surface area contributed by atoms with Gasteiger partial charge in [0.15, 0.2) is 10.8 Å². The van der Waals surface area contributed by atoms with Gasteiger partial charge in [-0.2, -0.15) is 5.10 Å². The van der Waals surface area contributed by atoms with Crippen LogP contribution in [0.4, 0.5) is 0 Å². The molecule has 1 aromatic carbocycles. The van der Waals surface area contributed by atoms with Gasteiger partial charge in [-0.05, 0) is 38.5 Å². The second kappa shape index (κ2) is 6.42. The van der Waals surface area contributed by atoms with Crippen molar-refractivity contribution in [2.24, 2.45) is 0 Å². The minimum atomic E-state index is 0.249. The lowest BCUT2D eigenvalue weighted by molar-refractivity contribution is 0.326. The van der Waals surface area contributed by atoms with Crippen molar-refractivity contribution in [2.45, 2.75) is 39.2 Å². The topological polar surface area (TPSA) is 64.9 Å². The lowest BCUT2D eigenvalue weighted by Gasteiger charge is -2.28. The van der Waals surface area contributed by atoms with E-state index in [9.17, 15) is 0 Å². The third kappa shape index (κ3) is 2.85. The number of aromatic nitrogens is 4. The molecule has 1 saturated heterocycles. The normalized spacial score (nSPS) is 16.4. The van der Waals surface area contributed by atoms with Gasteiger partial charge in [0.25, 0.3) is 0 Å². The SMILES string of the molecule is Cc1nc(-c2nc3c(s2)CCOc2cc(C4CNC4)ccc2-3)n(C(C)C)n1. The molecule has 0 aliphatic carbocycles. The quantitative estimate of drug-likeness (QED) is 0.751. The van der Waals surface area contributed by atoms with Crippen molar-refractivity contribution in [1.29, 1.82) is 0 Å². The van der Waals surface area contributed by atoms with Crippen molar-refractivity contribution < 1.29 is 4.74 Å². The smallest absolute Gasteiger partial charge is 0.187 e. The summed E-state index contributed by atoms with van der Waals surface area (Å²) in [4.78, 5) is 10.9. The minimum absolute atomic E-state index is 0.249. The molecule has 27 heavy (non-hydrogen) atoms. The van der Waals surface area contributed by atoms with E-state index in [1.165, 1.54) is 10.4 Å². The van der Waals surface area contributed by atoms with Crippen LogP contribution >= 0.6 is 11.3 Å². The summed E-state index contributed by atoms with van der Waals surface area (Å²) in [5.41, 5.74) is 3.48. The van der Waals surface area contributed by atoms with E-state index in [0.29, 0.717) is 12.5 Å². The van der Waals surface area contributed by atoms with E-state index in [2.05, 4.69) is 47.4 Å². The molecule has 0 saturated carbocycles. The van der Waals surface area contributed by atoms with Gasteiger partial charge in [0.2, 0.25) is 0 Å². The number of fused-ring (bicyclic) bond motifs is 3. The second-order valence-electron chi connectivity index (χ2n) is 7.52. The van der Waals surface area contributed by atoms with Gasteiger partial charge in [0.1, 0.15) is 11.6 Å². The number of thiazole rings is 1. The average Bonchev–Trinajstić information content (AvgIpc) is 3.13. The number of aryl methyl sites for hydroxylation is 1.